The largest absolute Gasteiger partial charge is 0.299 e. The molecule has 2 aromatic rings. The molecule has 0 saturated heterocycles. The minimum Gasteiger partial charge on any atom is -0.299 e. The first-order valence-electron chi connectivity index (χ1n) is 7.03. The predicted molar refractivity (Wildman–Crippen MR) is 77.2 cm³/mol. The summed E-state index contributed by atoms with van der Waals surface area (Å²) in [5.74, 6) is 0.911. The quantitative estimate of drug-likeness (QED) is 0.818. The molecular weight excluding hydrogens is 234 g/mol. The van der Waals surface area contributed by atoms with Crippen molar-refractivity contribution < 1.29 is 0 Å². The van der Waals surface area contributed by atoms with Crippen LogP contribution in [-0.2, 0) is 6.54 Å². The molecule has 3 heteroatoms. The lowest BCUT2D eigenvalue weighted by Gasteiger charge is -2.23. The molecule has 3 nitrogen and oxygen atoms in total. The second-order valence-corrected chi connectivity index (χ2v) is 5.62. The molecule has 0 aliphatic heterocycles. The van der Waals surface area contributed by atoms with Crippen molar-refractivity contribution in [2.75, 3.05) is 7.05 Å². The molecule has 0 radical (unpaired) electrons. The summed E-state index contributed by atoms with van der Waals surface area (Å²) in [5.41, 5.74) is 2.39. The van der Waals surface area contributed by atoms with Gasteiger partial charge < -0.3 is 0 Å². The molecule has 3 rings (SSSR count). The van der Waals surface area contributed by atoms with E-state index in [2.05, 4.69) is 42.3 Å². The Bertz CT molecular complexity index is 528. The average Bonchev–Trinajstić information content (AvgIpc) is 3.19. The first-order chi connectivity index (χ1) is 9.24. The zero-order valence-electron chi connectivity index (χ0n) is 11.7. The lowest BCUT2D eigenvalue weighted by atomic mass is 10.2. The summed E-state index contributed by atoms with van der Waals surface area (Å²) in [4.78, 5) is 2.43. The van der Waals surface area contributed by atoms with E-state index in [1.165, 1.54) is 18.4 Å². The van der Waals surface area contributed by atoms with Crippen LogP contribution < -0.4 is 0 Å². The fourth-order valence-electron chi connectivity index (χ4n) is 2.53. The van der Waals surface area contributed by atoms with Crippen LogP contribution in [0.15, 0.2) is 42.7 Å². The highest BCUT2D eigenvalue weighted by molar-refractivity contribution is 5.30. The Morgan fingerprint density at radius 2 is 2.05 bits per heavy atom. The number of hydrogen-bond acceptors (Lipinski definition) is 2. The predicted octanol–water partition coefficient (Wildman–Crippen LogP) is 3.10. The van der Waals surface area contributed by atoms with Crippen molar-refractivity contribution in [3.8, 4) is 5.69 Å². The molecule has 1 atom stereocenters. The maximum absolute atomic E-state index is 4.45. The zero-order chi connectivity index (χ0) is 13.2. The van der Waals surface area contributed by atoms with Gasteiger partial charge in [0.05, 0.1) is 11.9 Å². The summed E-state index contributed by atoms with van der Waals surface area (Å²) in [7, 11) is 2.21. The van der Waals surface area contributed by atoms with Crippen molar-refractivity contribution in [3.63, 3.8) is 0 Å². The Labute approximate surface area is 114 Å². The van der Waals surface area contributed by atoms with Gasteiger partial charge in [0.25, 0.3) is 0 Å². The molecule has 1 saturated carbocycles. The van der Waals surface area contributed by atoms with Gasteiger partial charge in [-0.15, -0.1) is 0 Å². The molecule has 0 amide bonds. The van der Waals surface area contributed by atoms with E-state index in [-0.39, 0.29) is 0 Å². The molecule has 1 heterocycles. The molecule has 19 heavy (non-hydrogen) atoms. The summed E-state index contributed by atoms with van der Waals surface area (Å²) >= 11 is 0. The third-order valence-corrected chi connectivity index (χ3v) is 4.09. The van der Waals surface area contributed by atoms with Crippen molar-refractivity contribution in [1.29, 1.82) is 0 Å². The smallest absolute Gasteiger partial charge is 0.0645 e. The monoisotopic (exact) mass is 255 g/mol. The van der Waals surface area contributed by atoms with Crippen molar-refractivity contribution >= 4 is 0 Å². The molecule has 1 aliphatic carbocycles. The Hall–Kier alpha value is -1.61. The van der Waals surface area contributed by atoms with Gasteiger partial charge >= 0.3 is 0 Å². The van der Waals surface area contributed by atoms with E-state index in [4.69, 9.17) is 0 Å². The van der Waals surface area contributed by atoms with Gasteiger partial charge in [0.1, 0.15) is 0 Å². The number of aromatic nitrogens is 2. The maximum Gasteiger partial charge on any atom is 0.0645 e. The fourth-order valence-corrected chi connectivity index (χ4v) is 2.53. The van der Waals surface area contributed by atoms with Crippen LogP contribution in [-0.4, -0.2) is 27.8 Å². The van der Waals surface area contributed by atoms with Crippen LogP contribution in [0.5, 0.6) is 0 Å². The van der Waals surface area contributed by atoms with Crippen LogP contribution in [0.3, 0.4) is 0 Å². The number of para-hydroxylation sites is 1. The van der Waals surface area contributed by atoms with E-state index in [0.717, 1.165) is 18.2 Å². The average molecular weight is 255 g/mol. The second kappa shape index (κ2) is 5.17. The molecule has 100 valence electrons. The zero-order valence-corrected chi connectivity index (χ0v) is 11.7. The van der Waals surface area contributed by atoms with Gasteiger partial charge in [0, 0.05) is 24.3 Å². The van der Waals surface area contributed by atoms with Gasteiger partial charge in [-0.2, -0.15) is 5.10 Å². The summed E-state index contributed by atoms with van der Waals surface area (Å²) < 4.78 is 1.95. The fraction of sp³-hybridized carbons (Fsp3) is 0.438. The number of hydrogen-bond donors (Lipinski definition) is 0. The molecular formula is C16H21N3. The summed E-state index contributed by atoms with van der Waals surface area (Å²) in [5, 5.41) is 4.45. The summed E-state index contributed by atoms with van der Waals surface area (Å²) in [6.45, 7) is 3.31. The molecule has 1 fully saturated rings. The first kappa shape index (κ1) is 12.4. The molecule has 1 aromatic carbocycles. The third kappa shape index (κ3) is 2.87. The number of rotatable bonds is 5. The Balaban J connectivity index is 1.68. The van der Waals surface area contributed by atoms with Crippen LogP contribution >= 0.6 is 0 Å². The summed E-state index contributed by atoms with van der Waals surface area (Å²) in [6.07, 6.45) is 6.90. The Morgan fingerprint density at radius 1 is 1.32 bits per heavy atom. The van der Waals surface area contributed by atoms with Crippen molar-refractivity contribution in [2.45, 2.75) is 32.4 Å². The number of benzene rings is 1. The van der Waals surface area contributed by atoms with Gasteiger partial charge in [0.2, 0.25) is 0 Å². The summed E-state index contributed by atoms with van der Waals surface area (Å²) in [6, 6.07) is 10.9. The van der Waals surface area contributed by atoms with E-state index < -0.39 is 0 Å². The van der Waals surface area contributed by atoms with Gasteiger partial charge in [-0.05, 0) is 44.9 Å². The normalized spacial score (nSPS) is 16.8. The Morgan fingerprint density at radius 3 is 2.74 bits per heavy atom. The molecule has 0 N–H and O–H groups in total. The van der Waals surface area contributed by atoms with Crippen LogP contribution in [0.1, 0.15) is 25.3 Å². The second-order valence-electron chi connectivity index (χ2n) is 5.62. The molecule has 0 spiro atoms. The standard InChI is InChI=1S/C16H21N3/c1-13(15-8-9-15)18(2)11-14-10-17-19(12-14)16-6-4-3-5-7-16/h3-7,10,12-13,15H,8-9,11H2,1-2H3. The van der Waals surface area contributed by atoms with Gasteiger partial charge in [-0.1, -0.05) is 18.2 Å². The van der Waals surface area contributed by atoms with E-state index in [0.29, 0.717) is 6.04 Å². The minimum absolute atomic E-state index is 0.681. The molecule has 1 aromatic heterocycles. The van der Waals surface area contributed by atoms with Crippen molar-refractivity contribution in [3.05, 3.63) is 48.3 Å². The maximum atomic E-state index is 4.45. The lowest BCUT2D eigenvalue weighted by molar-refractivity contribution is 0.226. The van der Waals surface area contributed by atoms with Gasteiger partial charge in [-0.3, -0.25) is 4.90 Å². The highest BCUT2D eigenvalue weighted by Crippen LogP contribution is 2.35. The SMILES string of the molecule is CC(C1CC1)N(C)Cc1cnn(-c2ccccc2)c1. The van der Waals surface area contributed by atoms with Crippen LogP contribution in [0, 0.1) is 5.92 Å². The van der Waals surface area contributed by atoms with Crippen molar-refractivity contribution in [1.82, 2.24) is 14.7 Å². The van der Waals surface area contributed by atoms with Crippen LogP contribution in [0.2, 0.25) is 0 Å². The van der Waals surface area contributed by atoms with E-state index >= 15 is 0 Å². The van der Waals surface area contributed by atoms with E-state index in [1.54, 1.807) is 0 Å². The minimum atomic E-state index is 0.681. The highest BCUT2D eigenvalue weighted by atomic mass is 15.3. The molecule has 0 bridgehead atoms. The number of nitrogens with zero attached hydrogens (tertiary/aromatic N) is 3. The van der Waals surface area contributed by atoms with E-state index in [9.17, 15) is 0 Å². The van der Waals surface area contributed by atoms with E-state index in [1.807, 2.05) is 29.1 Å². The lowest BCUT2D eigenvalue weighted by Crippen LogP contribution is -2.30. The molecule has 1 unspecified atom stereocenters. The molecule has 1 aliphatic rings. The first-order valence-corrected chi connectivity index (χ1v) is 7.03. The van der Waals surface area contributed by atoms with Gasteiger partial charge in [0.15, 0.2) is 0 Å². The van der Waals surface area contributed by atoms with Crippen LogP contribution in [0.4, 0.5) is 0 Å². The van der Waals surface area contributed by atoms with Gasteiger partial charge in [-0.25, -0.2) is 4.68 Å². The van der Waals surface area contributed by atoms with Crippen molar-refractivity contribution in [2.24, 2.45) is 5.92 Å². The van der Waals surface area contributed by atoms with Crippen LogP contribution in [0.25, 0.3) is 5.69 Å². The third-order valence-electron chi connectivity index (χ3n) is 4.09. The highest BCUT2D eigenvalue weighted by Gasteiger charge is 2.30. The Kier molecular flexibility index (Phi) is 3.38. The topological polar surface area (TPSA) is 21.1 Å².